The van der Waals surface area contributed by atoms with E-state index in [1.165, 1.54) is 22.9 Å². The summed E-state index contributed by atoms with van der Waals surface area (Å²) in [5.74, 6) is -0.104. The second kappa shape index (κ2) is 6.16. The summed E-state index contributed by atoms with van der Waals surface area (Å²) >= 11 is 0. The number of carbonyl (C=O) groups is 1. The van der Waals surface area contributed by atoms with E-state index in [-0.39, 0.29) is 29.6 Å². The number of rotatable bonds is 4. The van der Waals surface area contributed by atoms with Crippen LogP contribution in [0.25, 0.3) is 0 Å². The Morgan fingerprint density at radius 2 is 2.10 bits per heavy atom. The molecule has 108 valence electrons. The number of aryl methyl sites for hydroxylation is 1. The van der Waals surface area contributed by atoms with Gasteiger partial charge in [-0.25, -0.2) is 0 Å². The minimum atomic E-state index is -0.560. The van der Waals surface area contributed by atoms with Gasteiger partial charge in [-0.2, -0.15) is 5.10 Å². The Kier molecular flexibility index (Phi) is 4.82. The number of hydrogen-bond acceptors (Lipinski definition) is 5. The van der Waals surface area contributed by atoms with Gasteiger partial charge in [0.2, 0.25) is 0 Å². The van der Waals surface area contributed by atoms with Gasteiger partial charge in [0.25, 0.3) is 5.91 Å². The molecule has 20 heavy (non-hydrogen) atoms. The molecule has 0 bridgehead atoms. The number of amides is 1. The predicted molar refractivity (Wildman–Crippen MR) is 76.1 cm³/mol. The molecular weight excluding hydrogens is 284 g/mol. The number of nitrogens with one attached hydrogen (secondary N) is 1. The number of halogens is 1. The molecule has 0 unspecified atom stereocenters. The molecule has 0 aliphatic rings. The fraction of sp³-hybridized carbons (Fsp3) is 0.167. The summed E-state index contributed by atoms with van der Waals surface area (Å²) in [5.41, 5.74) is 6.07. The van der Waals surface area contributed by atoms with E-state index < -0.39 is 5.91 Å². The molecule has 7 nitrogen and oxygen atoms in total. The predicted octanol–water partition coefficient (Wildman–Crippen LogP) is 0.964. The quantitative estimate of drug-likeness (QED) is 0.671. The largest absolute Gasteiger partial charge is 0.508 e. The van der Waals surface area contributed by atoms with Gasteiger partial charge in [-0.1, -0.05) is 0 Å². The SMILES string of the molecule is Cl.Cn1nc(NCc2ccc(O)cc2O)cc1C(N)=O. The highest BCUT2D eigenvalue weighted by molar-refractivity contribution is 5.91. The van der Waals surface area contributed by atoms with Gasteiger partial charge in [0.1, 0.15) is 23.0 Å². The van der Waals surface area contributed by atoms with Crippen LogP contribution in [-0.2, 0) is 13.6 Å². The number of aromatic hydroxyl groups is 2. The molecule has 0 saturated heterocycles. The van der Waals surface area contributed by atoms with Gasteiger partial charge in [0.15, 0.2) is 0 Å². The molecule has 5 N–H and O–H groups in total. The zero-order valence-electron chi connectivity index (χ0n) is 10.7. The normalized spacial score (nSPS) is 9.85. The molecule has 0 fully saturated rings. The van der Waals surface area contributed by atoms with Crippen LogP contribution in [0.4, 0.5) is 5.82 Å². The molecule has 1 aromatic carbocycles. The fourth-order valence-electron chi connectivity index (χ4n) is 1.67. The van der Waals surface area contributed by atoms with Gasteiger partial charge in [-0.3, -0.25) is 9.48 Å². The van der Waals surface area contributed by atoms with Gasteiger partial charge >= 0.3 is 0 Å². The van der Waals surface area contributed by atoms with Crippen molar-refractivity contribution in [3.63, 3.8) is 0 Å². The molecule has 2 rings (SSSR count). The summed E-state index contributed by atoms with van der Waals surface area (Å²) in [5, 5.41) is 25.8. The summed E-state index contributed by atoms with van der Waals surface area (Å²) in [4.78, 5) is 11.1. The van der Waals surface area contributed by atoms with Gasteiger partial charge in [-0.05, 0) is 12.1 Å². The van der Waals surface area contributed by atoms with E-state index in [0.717, 1.165) is 0 Å². The maximum atomic E-state index is 11.1. The van der Waals surface area contributed by atoms with Crippen LogP contribution in [0.1, 0.15) is 16.1 Å². The van der Waals surface area contributed by atoms with E-state index in [2.05, 4.69) is 10.4 Å². The van der Waals surface area contributed by atoms with Crippen molar-refractivity contribution in [1.29, 1.82) is 0 Å². The zero-order chi connectivity index (χ0) is 14.0. The Morgan fingerprint density at radius 1 is 1.40 bits per heavy atom. The molecule has 2 aromatic rings. The molecule has 0 saturated carbocycles. The molecule has 0 radical (unpaired) electrons. The van der Waals surface area contributed by atoms with Crippen molar-refractivity contribution in [2.45, 2.75) is 6.54 Å². The first-order chi connectivity index (χ1) is 8.97. The summed E-state index contributed by atoms with van der Waals surface area (Å²) in [6.07, 6.45) is 0. The molecule has 0 spiro atoms. The highest BCUT2D eigenvalue weighted by Gasteiger charge is 2.10. The number of benzene rings is 1. The van der Waals surface area contributed by atoms with Gasteiger partial charge < -0.3 is 21.3 Å². The maximum Gasteiger partial charge on any atom is 0.267 e. The first-order valence-corrected chi connectivity index (χ1v) is 5.56. The number of phenols is 2. The van der Waals surface area contributed by atoms with Crippen molar-refractivity contribution in [3.05, 3.63) is 35.5 Å². The molecular formula is C12H15ClN4O3. The maximum absolute atomic E-state index is 11.1. The van der Waals surface area contributed by atoms with Crippen LogP contribution in [-0.4, -0.2) is 25.9 Å². The highest BCUT2D eigenvalue weighted by Crippen LogP contribution is 2.23. The number of phenolic OH excluding ortho intramolecular Hbond substituents is 2. The monoisotopic (exact) mass is 298 g/mol. The van der Waals surface area contributed by atoms with E-state index >= 15 is 0 Å². The van der Waals surface area contributed by atoms with Crippen molar-refractivity contribution < 1.29 is 15.0 Å². The van der Waals surface area contributed by atoms with E-state index in [1.807, 2.05) is 0 Å². The average molecular weight is 299 g/mol. The number of anilines is 1. The summed E-state index contributed by atoms with van der Waals surface area (Å²) in [7, 11) is 1.61. The van der Waals surface area contributed by atoms with E-state index in [0.29, 0.717) is 17.9 Å². The van der Waals surface area contributed by atoms with E-state index in [9.17, 15) is 15.0 Å². The third kappa shape index (κ3) is 3.33. The lowest BCUT2D eigenvalue weighted by atomic mass is 10.2. The van der Waals surface area contributed by atoms with Crippen molar-refractivity contribution in [2.24, 2.45) is 12.8 Å². The lowest BCUT2D eigenvalue weighted by Crippen LogP contribution is -2.15. The molecule has 1 aromatic heterocycles. The number of nitrogens with two attached hydrogens (primary N) is 1. The Morgan fingerprint density at radius 3 is 2.65 bits per heavy atom. The van der Waals surface area contributed by atoms with Gasteiger partial charge in [-0.15, -0.1) is 12.4 Å². The minimum Gasteiger partial charge on any atom is -0.508 e. The average Bonchev–Trinajstić information content (AvgIpc) is 2.69. The van der Waals surface area contributed by atoms with Gasteiger partial charge in [0.05, 0.1) is 0 Å². The third-order valence-corrected chi connectivity index (χ3v) is 2.66. The topological polar surface area (TPSA) is 113 Å². The number of aromatic nitrogens is 2. The van der Waals surface area contributed by atoms with Crippen molar-refractivity contribution in [1.82, 2.24) is 9.78 Å². The van der Waals surface area contributed by atoms with Gasteiger partial charge in [0, 0.05) is 31.3 Å². The van der Waals surface area contributed by atoms with Crippen molar-refractivity contribution in [3.8, 4) is 11.5 Å². The number of carbonyl (C=O) groups excluding carboxylic acids is 1. The van der Waals surface area contributed by atoms with E-state index in [4.69, 9.17) is 5.73 Å². The van der Waals surface area contributed by atoms with Crippen LogP contribution in [0, 0.1) is 0 Å². The summed E-state index contributed by atoms with van der Waals surface area (Å²) in [6, 6.07) is 5.85. The summed E-state index contributed by atoms with van der Waals surface area (Å²) in [6.45, 7) is 0.307. The Balaban J connectivity index is 0.00000200. The van der Waals surface area contributed by atoms with Crippen LogP contribution in [0.3, 0.4) is 0 Å². The van der Waals surface area contributed by atoms with Crippen molar-refractivity contribution >= 4 is 24.1 Å². The Hall–Kier alpha value is -2.41. The number of nitrogens with zero attached hydrogens (tertiary/aromatic N) is 2. The Labute approximate surface area is 121 Å². The second-order valence-corrected chi connectivity index (χ2v) is 4.07. The van der Waals surface area contributed by atoms with Crippen LogP contribution in [0.5, 0.6) is 11.5 Å². The lowest BCUT2D eigenvalue weighted by Gasteiger charge is -2.05. The smallest absolute Gasteiger partial charge is 0.267 e. The van der Waals surface area contributed by atoms with Crippen LogP contribution in [0.15, 0.2) is 24.3 Å². The molecule has 1 heterocycles. The number of hydrogen-bond donors (Lipinski definition) is 4. The lowest BCUT2D eigenvalue weighted by molar-refractivity contribution is 0.0991. The summed E-state index contributed by atoms with van der Waals surface area (Å²) < 4.78 is 1.38. The standard InChI is InChI=1S/C12H14N4O3.ClH/c1-16-9(12(13)19)5-11(15-16)14-6-7-2-3-8(17)4-10(7)18;/h2-5,17-18H,6H2,1H3,(H2,13,19)(H,14,15);1H. The first kappa shape index (κ1) is 15.6. The fourth-order valence-corrected chi connectivity index (χ4v) is 1.67. The highest BCUT2D eigenvalue weighted by atomic mass is 35.5. The molecule has 0 aliphatic heterocycles. The number of primary amides is 1. The second-order valence-electron chi connectivity index (χ2n) is 4.07. The van der Waals surface area contributed by atoms with E-state index in [1.54, 1.807) is 13.1 Å². The molecule has 8 heteroatoms. The molecule has 0 atom stereocenters. The van der Waals surface area contributed by atoms with Crippen LogP contribution >= 0.6 is 12.4 Å². The van der Waals surface area contributed by atoms with Crippen LogP contribution in [0.2, 0.25) is 0 Å². The zero-order valence-corrected chi connectivity index (χ0v) is 11.5. The Bertz CT molecular complexity index is 627. The third-order valence-electron chi connectivity index (χ3n) is 2.66. The molecule has 0 aliphatic carbocycles. The molecule has 1 amide bonds. The first-order valence-electron chi connectivity index (χ1n) is 5.56. The minimum absolute atomic E-state index is 0. The van der Waals surface area contributed by atoms with Crippen molar-refractivity contribution in [2.75, 3.05) is 5.32 Å². The van der Waals surface area contributed by atoms with Crippen LogP contribution < -0.4 is 11.1 Å².